The lowest BCUT2D eigenvalue weighted by atomic mass is 9.96. The Balaban J connectivity index is 0.00000338. The van der Waals surface area contributed by atoms with Crippen molar-refractivity contribution in [2.45, 2.75) is 38.0 Å². The van der Waals surface area contributed by atoms with Crippen molar-refractivity contribution in [2.24, 2.45) is 11.8 Å². The van der Waals surface area contributed by atoms with E-state index in [1.807, 2.05) is 13.8 Å². The minimum absolute atomic E-state index is 0. The number of carbonyl (C=O) groups excluding carboxylic acids is 1. The maximum atomic E-state index is 12.2. The molecule has 0 aromatic heterocycles. The van der Waals surface area contributed by atoms with Gasteiger partial charge in [0.2, 0.25) is 10.0 Å². The number of hydrogen-bond acceptors (Lipinski definition) is 4. The van der Waals surface area contributed by atoms with Crippen LogP contribution in [0.1, 0.15) is 43.5 Å². The van der Waals surface area contributed by atoms with Gasteiger partial charge in [0.25, 0.3) is 5.91 Å². The van der Waals surface area contributed by atoms with Crippen molar-refractivity contribution < 1.29 is 13.2 Å². The summed E-state index contributed by atoms with van der Waals surface area (Å²) in [4.78, 5) is 12.3. The Bertz CT molecular complexity index is 657. The SMILES string of the molecule is CC(C)CNS(=O)(=O)c1ccc(C(=O)NCCC2CCCNC2)cc1.Cl. The van der Waals surface area contributed by atoms with Gasteiger partial charge in [0.1, 0.15) is 0 Å². The zero-order chi connectivity index (χ0) is 18.3. The van der Waals surface area contributed by atoms with Gasteiger partial charge in [0.05, 0.1) is 4.90 Å². The maximum absolute atomic E-state index is 12.2. The average molecular weight is 404 g/mol. The first kappa shape index (κ1) is 22.9. The van der Waals surface area contributed by atoms with Gasteiger partial charge in [-0.05, 0) is 68.5 Å². The molecule has 1 aliphatic heterocycles. The van der Waals surface area contributed by atoms with Crippen LogP contribution in [0.3, 0.4) is 0 Å². The first-order valence-corrected chi connectivity index (χ1v) is 10.5. The van der Waals surface area contributed by atoms with Crippen LogP contribution in [-0.4, -0.2) is 40.5 Å². The topological polar surface area (TPSA) is 87.3 Å². The number of nitrogens with one attached hydrogen (secondary N) is 3. The van der Waals surface area contributed by atoms with E-state index in [2.05, 4.69) is 15.4 Å². The second-order valence-electron chi connectivity index (χ2n) is 7.03. The Hall–Kier alpha value is -1.15. The number of rotatable bonds is 8. The molecule has 2 rings (SSSR count). The molecule has 1 fully saturated rings. The van der Waals surface area contributed by atoms with Gasteiger partial charge in [-0.2, -0.15) is 0 Å². The Morgan fingerprint density at radius 2 is 1.96 bits per heavy atom. The predicted molar refractivity (Wildman–Crippen MR) is 106 cm³/mol. The van der Waals surface area contributed by atoms with Crippen LogP contribution in [0.25, 0.3) is 0 Å². The molecule has 26 heavy (non-hydrogen) atoms. The summed E-state index contributed by atoms with van der Waals surface area (Å²) in [5.74, 6) is 0.690. The van der Waals surface area contributed by atoms with Crippen molar-refractivity contribution in [3.05, 3.63) is 29.8 Å². The van der Waals surface area contributed by atoms with Crippen LogP contribution in [-0.2, 0) is 10.0 Å². The quantitative estimate of drug-likeness (QED) is 0.620. The molecule has 0 radical (unpaired) electrons. The standard InChI is InChI=1S/C18H29N3O3S.ClH/c1-14(2)12-21-25(23,24)17-7-5-16(6-8-17)18(22)20-11-9-15-4-3-10-19-13-15;/h5-8,14-15,19,21H,3-4,9-13H2,1-2H3,(H,20,22);1H. The van der Waals surface area contributed by atoms with Crippen LogP contribution in [0, 0.1) is 11.8 Å². The first-order valence-electron chi connectivity index (χ1n) is 8.97. The fourth-order valence-electron chi connectivity index (χ4n) is 2.81. The van der Waals surface area contributed by atoms with Gasteiger partial charge in [-0.15, -0.1) is 12.4 Å². The molecule has 1 amide bonds. The molecule has 1 aliphatic rings. The normalized spacial score (nSPS) is 17.6. The molecular weight excluding hydrogens is 374 g/mol. The van der Waals surface area contributed by atoms with Crippen molar-refractivity contribution in [3.63, 3.8) is 0 Å². The van der Waals surface area contributed by atoms with Crippen molar-refractivity contribution in [2.75, 3.05) is 26.2 Å². The molecule has 1 unspecified atom stereocenters. The predicted octanol–water partition coefficient (Wildman–Crippen LogP) is 2.16. The minimum Gasteiger partial charge on any atom is -0.352 e. The number of carbonyl (C=O) groups is 1. The van der Waals surface area contributed by atoms with Crippen molar-refractivity contribution in [1.82, 2.24) is 15.4 Å². The summed E-state index contributed by atoms with van der Waals surface area (Å²) in [5.41, 5.74) is 0.476. The molecule has 1 heterocycles. The number of hydrogen-bond donors (Lipinski definition) is 3. The molecule has 0 aliphatic carbocycles. The summed E-state index contributed by atoms with van der Waals surface area (Å²) in [6.07, 6.45) is 3.36. The lowest BCUT2D eigenvalue weighted by Crippen LogP contribution is -2.33. The monoisotopic (exact) mass is 403 g/mol. The van der Waals surface area contributed by atoms with Crippen LogP contribution >= 0.6 is 12.4 Å². The summed E-state index contributed by atoms with van der Waals surface area (Å²) >= 11 is 0. The summed E-state index contributed by atoms with van der Waals surface area (Å²) in [6, 6.07) is 6.06. The van der Waals surface area contributed by atoms with E-state index < -0.39 is 10.0 Å². The highest BCUT2D eigenvalue weighted by molar-refractivity contribution is 7.89. The van der Waals surface area contributed by atoms with Gasteiger partial charge < -0.3 is 10.6 Å². The third-order valence-electron chi connectivity index (χ3n) is 4.35. The molecule has 0 saturated carbocycles. The lowest BCUT2D eigenvalue weighted by molar-refractivity contribution is 0.0950. The number of benzene rings is 1. The van der Waals surface area contributed by atoms with Gasteiger partial charge >= 0.3 is 0 Å². The fourth-order valence-corrected chi connectivity index (χ4v) is 4.02. The van der Waals surface area contributed by atoms with Gasteiger partial charge in [0, 0.05) is 18.7 Å². The molecule has 1 aromatic rings. The summed E-state index contributed by atoms with van der Waals surface area (Å²) < 4.78 is 26.9. The van der Waals surface area contributed by atoms with Crippen LogP contribution in [0.4, 0.5) is 0 Å². The van der Waals surface area contributed by atoms with E-state index in [0.717, 1.165) is 19.5 Å². The van der Waals surface area contributed by atoms with E-state index >= 15 is 0 Å². The average Bonchev–Trinajstić information content (AvgIpc) is 2.61. The Kier molecular flexibility index (Phi) is 9.57. The second kappa shape index (κ2) is 10.9. The number of piperidine rings is 1. The molecule has 1 aromatic carbocycles. The highest BCUT2D eigenvalue weighted by Crippen LogP contribution is 2.14. The van der Waals surface area contributed by atoms with E-state index in [4.69, 9.17) is 0 Å². The first-order chi connectivity index (χ1) is 11.9. The van der Waals surface area contributed by atoms with E-state index in [0.29, 0.717) is 24.6 Å². The molecule has 0 spiro atoms. The third kappa shape index (κ3) is 7.23. The van der Waals surface area contributed by atoms with Crippen molar-refractivity contribution in [1.29, 1.82) is 0 Å². The molecule has 8 heteroatoms. The zero-order valence-corrected chi connectivity index (χ0v) is 17.1. The highest BCUT2D eigenvalue weighted by atomic mass is 35.5. The Morgan fingerprint density at radius 3 is 2.54 bits per heavy atom. The van der Waals surface area contributed by atoms with Crippen LogP contribution in [0.5, 0.6) is 0 Å². The zero-order valence-electron chi connectivity index (χ0n) is 15.5. The van der Waals surface area contributed by atoms with Gasteiger partial charge in [-0.1, -0.05) is 13.8 Å². The summed E-state index contributed by atoms with van der Waals surface area (Å²) in [5, 5.41) is 6.28. The van der Waals surface area contributed by atoms with Crippen molar-refractivity contribution >= 4 is 28.3 Å². The smallest absolute Gasteiger partial charge is 0.251 e. The summed E-state index contributed by atoms with van der Waals surface area (Å²) in [7, 11) is -3.52. The minimum atomic E-state index is -3.52. The third-order valence-corrected chi connectivity index (χ3v) is 5.78. The Morgan fingerprint density at radius 1 is 1.27 bits per heavy atom. The molecule has 0 bridgehead atoms. The Labute approximate surface area is 163 Å². The molecule has 3 N–H and O–H groups in total. The van der Waals surface area contributed by atoms with Crippen LogP contribution < -0.4 is 15.4 Å². The fraction of sp³-hybridized carbons (Fsp3) is 0.611. The van der Waals surface area contributed by atoms with Crippen LogP contribution in [0.2, 0.25) is 0 Å². The number of amides is 1. The molecule has 148 valence electrons. The molecule has 6 nitrogen and oxygen atoms in total. The van der Waals surface area contributed by atoms with Crippen molar-refractivity contribution in [3.8, 4) is 0 Å². The molecular formula is C18H30ClN3O3S. The number of halogens is 1. The van der Waals surface area contributed by atoms with E-state index in [9.17, 15) is 13.2 Å². The maximum Gasteiger partial charge on any atom is 0.251 e. The molecule has 1 saturated heterocycles. The van der Waals surface area contributed by atoms with Gasteiger partial charge in [-0.25, -0.2) is 13.1 Å². The van der Waals surface area contributed by atoms with Crippen LogP contribution in [0.15, 0.2) is 29.2 Å². The highest BCUT2D eigenvalue weighted by Gasteiger charge is 2.16. The van der Waals surface area contributed by atoms with E-state index in [1.165, 1.54) is 25.0 Å². The lowest BCUT2D eigenvalue weighted by Gasteiger charge is -2.22. The second-order valence-corrected chi connectivity index (χ2v) is 8.79. The van der Waals surface area contributed by atoms with E-state index in [1.54, 1.807) is 12.1 Å². The largest absolute Gasteiger partial charge is 0.352 e. The summed E-state index contributed by atoms with van der Waals surface area (Å²) in [6.45, 7) is 7.02. The van der Waals surface area contributed by atoms with E-state index in [-0.39, 0.29) is 29.1 Å². The van der Waals surface area contributed by atoms with Gasteiger partial charge in [0.15, 0.2) is 0 Å². The van der Waals surface area contributed by atoms with Gasteiger partial charge in [-0.3, -0.25) is 4.79 Å². The molecule has 1 atom stereocenters. The number of sulfonamides is 1.